The van der Waals surface area contributed by atoms with Crippen molar-refractivity contribution in [1.82, 2.24) is 4.90 Å². The Kier molecular flexibility index (Phi) is 3.05. The number of hydrogen-bond acceptors (Lipinski definition) is 4. The lowest BCUT2D eigenvalue weighted by molar-refractivity contribution is 0.0208. The molecule has 2 heterocycles. The van der Waals surface area contributed by atoms with Crippen molar-refractivity contribution in [3.63, 3.8) is 0 Å². The maximum Gasteiger partial charge on any atom is 0.254 e. The first-order valence-corrected chi connectivity index (χ1v) is 8.62. The Morgan fingerprint density at radius 3 is 2.91 bits per heavy atom. The molecule has 122 valence electrons. The summed E-state index contributed by atoms with van der Waals surface area (Å²) in [6.45, 7) is 1.94. The molecule has 1 aromatic carbocycles. The molecular formula is C18H21NO4. The van der Waals surface area contributed by atoms with Gasteiger partial charge in [-0.15, -0.1) is 0 Å². The molecule has 1 amide bonds. The maximum absolute atomic E-state index is 12.9. The first-order chi connectivity index (χ1) is 11.3. The summed E-state index contributed by atoms with van der Waals surface area (Å²) < 4.78 is 16.9. The minimum Gasteiger partial charge on any atom is -0.454 e. The third-order valence-corrected chi connectivity index (χ3v) is 5.61. The molecule has 0 aromatic heterocycles. The summed E-state index contributed by atoms with van der Waals surface area (Å²) in [5, 5.41) is 0. The lowest BCUT2D eigenvalue weighted by Gasteiger charge is -2.27. The predicted octanol–water partition coefficient (Wildman–Crippen LogP) is 2.44. The van der Waals surface area contributed by atoms with Gasteiger partial charge in [0.1, 0.15) is 0 Å². The molecule has 2 saturated carbocycles. The van der Waals surface area contributed by atoms with Crippen molar-refractivity contribution in [3.8, 4) is 11.5 Å². The fourth-order valence-electron chi connectivity index (χ4n) is 4.15. The molecule has 4 aliphatic rings. The lowest BCUT2D eigenvalue weighted by Crippen LogP contribution is -2.40. The Morgan fingerprint density at radius 2 is 2.04 bits per heavy atom. The van der Waals surface area contributed by atoms with Gasteiger partial charge in [0, 0.05) is 24.6 Å². The van der Waals surface area contributed by atoms with Crippen LogP contribution in [-0.4, -0.2) is 42.9 Å². The second kappa shape index (κ2) is 5.13. The molecule has 0 unspecified atom stereocenters. The van der Waals surface area contributed by atoms with Crippen molar-refractivity contribution in [2.24, 2.45) is 11.8 Å². The summed E-state index contributed by atoms with van der Waals surface area (Å²) in [5.41, 5.74) is 0.683. The standard InChI is InChI=1S/C18H21NO4/c20-18(12-4-6-15-16(7-12)23-10-22-15)19-8-13-3-5-14(19)17(13)21-9-11-1-2-11/h4,6-7,11,13-14,17H,1-3,5,8-10H2/t13-,14+,17+/m1/s1. The highest BCUT2D eigenvalue weighted by Crippen LogP contribution is 2.42. The van der Waals surface area contributed by atoms with E-state index in [1.165, 1.54) is 19.3 Å². The first kappa shape index (κ1) is 13.7. The van der Waals surface area contributed by atoms with Crippen molar-refractivity contribution < 1.29 is 19.0 Å². The zero-order chi connectivity index (χ0) is 15.4. The fourth-order valence-corrected chi connectivity index (χ4v) is 4.15. The van der Waals surface area contributed by atoms with Crippen LogP contribution in [0.25, 0.3) is 0 Å². The lowest BCUT2D eigenvalue weighted by atomic mass is 10.1. The summed E-state index contributed by atoms with van der Waals surface area (Å²) in [7, 11) is 0. The monoisotopic (exact) mass is 315 g/mol. The zero-order valence-electron chi connectivity index (χ0n) is 13.1. The summed E-state index contributed by atoms with van der Waals surface area (Å²) >= 11 is 0. The highest BCUT2D eigenvalue weighted by Gasteiger charge is 2.50. The van der Waals surface area contributed by atoms with Gasteiger partial charge >= 0.3 is 0 Å². The van der Waals surface area contributed by atoms with Crippen molar-refractivity contribution in [2.75, 3.05) is 19.9 Å². The van der Waals surface area contributed by atoms with Gasteiger partial charge < -0.3 is 19.1 Å². The van der Waals surface area contributed by atoms with E-state index >= 15 is 0 Å². The second-order valence-electron chi connectivity index (χ2n) is 7.17. The molecule has 0 radical (unpaired) electrons. The Morgan fingerprint density at radius 1 is 1.17 bits per heavy atom. The van der Waals surface area contributed by atoms with Crippen LogP contribution in [0.1, 0.15) is 36.0 Å². The molecule has 2 bridgehead atoms. The summed E-state index contributed by atoms with van der Waals surface area (Å²) in [4.78, 5) is 14.9. The number of carbonyl (C=O) groups excluding carboxylic acids is 1. The van der Waals surface area contributed by atoms with E-state index in [4.69, 9.17) is 14.2 Å². The number of likely N-dealkylation sites (tertiary alicyclic amines) is 1. The van der Waals surface area contributed by atoms with E-state index in [9.17, 15) is 4.79 Å². The van der Waals surface area contributed by atoms with E-state index in [2.05, 4.69) is 0 Å². The van der Waals surface area contributed by atoms with Gasteiger partial charge in [-0.25, -0.2) is 0 Å². The highest BCUT2D eigenvalue weighted by molar-refractivity contribution is 5.95. The Labute approximate surface area is 135 Å². The fraction of sp³-hybridized carbons (Fsp3) is 0.611. The smallest absolute Gasteiger partial charge is 0.254 e. The third kappa shape index (κ3) is 2.29. The van der Waals surface area contributed by atoms with E-state index in [-0.39, 0.29) is 24.8 Å². The number of benzene rings is 1. The molecule has 0 spiro atoms. The van der Waals surface area contributed by atoms with Crippen molar-refractivity contribution >= 4 is 5.91 Å². The number of piperidine rings is 1. The van der Waals surface area contributed by atoms with Crippen LogP contribution in [0.4, 0.5) is 0 Å². The topological polar surface area (TPSA) is 48.0 Å². The number of rotatable bonds is 4. The van der Waals surface area contributed by atoms with Gasteiger partial charge in [-0.3, -0.25) is 4.79 Å². The van der Waals surface area contributed by atoms with E-state index in [1.54, 1.807) is 6.07 Å². The molecule has 0 N–H and O–H groups in total. The Bertz CT molecular complexity index is 642. The van der Waals surface area contributed by atoms with E-state index in [0.29, 0.717) is 17.2 Å². The molecule has 3 atom stereocenters. The Hall–Kier alpha value is -1.75. The number of amides is 1. The molecule has 23 heavy (non-hydrogen) atoms. The van der Waals surface area contributed by atoms with Crippen LogP contribution in [0, 0.1) is 11.8 Å². The minimum atomic E-state index is 0.0931. The number of carbonyl (C=O) groups is 1. The summed E-state index contributed by atoms with van der Waals surface area (Å²) in [5.74, 6) is 2.76. The third-order valence-electron chi connectivity index (χ3n) is 5.61. The molecule has 2 aliphatic heterocycles. The quantitative estimate of drug-likeness (QED) is 0.856. The van der Waals surface area contributed by atoms with Gasteiger partial charge in [-0.1, -0.05) is 0 Å². The number of ether oxygens (including phenoxy) is 3. The van der Waals surface area contributed by atoms with Gasteiger partial charge in [0.2, 0.25) is 6.79 Å². The second-order valence-corrected chi connectivity index (χ2v) is 7.17. The largest absolute Gasteiger partial charge is 0.454 e. The van der Waals surface area contributed by atoms with E-state index in [0.717, 1.165) is 31.2 Å². The number of fused-ring (bicyclic) bond motifs is 3. The van der Waals surface area contributed by atoms with Crippen LogP contribution in [0.5, 0.6) is 11.5 Å². The molecule has 5 nitrogen and oxygen atoms in total. The molecule has 5 heteroatoms. The van der Waals surface area contributed by atoms with Gasteiger partial charge in [0.05, 0.1) is 12.1 Å². The highest BCUT2D eigenvalue weighted by atomic mass is 16.7. The van der Waals surface area contributed by atoms with Gasteiger partial charge in [-0.05, 0) is 49.8 Å². The van der Waals surface area contributed by atoms with Crippen LogP contribution in [0.3, 0.4) is 0 Å². The van der Waals surface area contributed by atoms with Crippen LogP contribution < -0.4 is 9.47 Å². The zero-order valence-corrected chi connectivity index (χ0v) is 13.1. The van der Waals surface area contributed by atoms with Gasteiger partial charge in [-0.2, -0.15) is 0 Å². The molecule has 1 saturated heterocycles. The van der Waals surface area contributed by atoms with Crippen LogP contribution in [0.2, 0.25) is 0 Å². The Balaban J connectivity index is 1.32. The molecule has 3 fully saturated rings. The van der Waals surface area contributed by atoms with Crippen LogP contribution in [-0.2, 0) is 4.74 Å². The number of hydrogen-bond donors (Lipinski definition) is 0. The number of nitrogens with zero attached hydrogens (tertiary/aromatic N) is 1. The van der Waals surface area contributed by atoms with Crippen molar-refractivity contribution in [1.29, 1.82) is 0 Å². The summed E-state index contributed by atoms with van der Waals surface area (Å²) in [6.07, 6.45) is 5.11. The van der Waals surface area contributed by atoms with Gasteiger partial charge in [0.25, 0.3) is 5.91 Å². The van der Waals surface area contributed by atoms with Crippen LogP contribution in [0.15, 0.2) is 18.2 Å². The average Bonchev–Trinajstić information content (AvgIpc) is 3.03. The van der Waals surface area contributed by atoms with Crippen molar-refractivity contribution in [2.45, 2.75) is 37.8 Å². The van der Waals surface area contributed by atoms with Crippen molar-refractivity contribution in [3.05, 3.63) is 23.8 Å². The molecule has 5 rings (SSSR count). The molecule has 1 aromatic rings. The van der Waals surface area contributed by atoms with E-state index < -0.39 is 0 Å². The maximum atomic E-state index is 12.9. The predicted molar refractivity (Wildman–Crippen MR) is 82.6 cm³/mol. The SMILES string of the molecule is O=C(c1ccc2c(c1)OCO2)N1C[C@H]2CC[C@H]1[C@H]2OCC1CC1. The molecule has 2 aliphatic carbocycles. The normalized spacial score (nSPS) is 31.0. The van der Waals surface area contributed by atoms with Gasteiger partial charge in [0.15, 0.2) is 11.5 Å². The van der Waals surface area contributed by atoms with E-state index in [1.807, 2.05) is 17.0 Å². The first-order valence-electron chi connectivity index (χ1n) is 8.62. The minimum absolute atomic E-state index is 0.0931. The summed E-state index contributed by atoms with van der Waals surface area (Å²) in [6, 6.07) is 5.71. The molecular weight excluding hydrogens is 294 g/mol. The van der Waals surface area contributed by atoms with Crippen LogP contribution >= 0.6 is 0 Å². The average molecular weight is 315 g/mol.